The summed E-state index contributed by atoms with van der Waals surface area (Å²) in [5.74, 6) is 1.84. The van der Waals surface area contributed by atoms with Gasteiger partial charge in [-0.2, -0.15) is 19.4 Å². The Balaban J connectivity index is 0.575. The first-order chi connectivity index (χ1) is 43.0. The first kappa shape index (κ1) is 58.3. The summed E-state index contributed by atoms with van der Waals surface area (Å²) in [5, 5.41) is 26.3. The Morgan fingerprint density at radius 1 is 0.921 bits per heavy atom. The lowest BCUT2D eigenvalue weighted by Crippen LogP contribution is -2.51. The zero-order valence-electron chi connectivity index (χ0n) is 49.4. The highest BCUT2D eigenvalue weighted by Gasteiger charge is 2.52. The lowest BCUT2D eigenvalue weighted by Gasteiger charge is -2.35. The van der Waals surface area contributed by atoms with Gasteiger partial charge in [0.15, 0.2) is 11.6 Å². The molecule has 4 atom stereocenters. The van der Waals surface area contributed by atoms with Crippen molar-refractivity contribution in [2.24, 2.45) is 7.05 Å². The number of likely N-dealkylation sites (tertiary alicyclic amines) is 1. The quantitative estimate of drug-likeness (QED) is 0.0607. The van der Waals surface area contributed by atoms with Gasteiger partial charge in [-0.05, 0) is 136 Å². The molecule has 0 saturated carbocycles. The summed E-state index contributed by atoms with van der Waals surface area (Å²) in [7, 11) is -1.92. The highest BCUT2D eigenvalue weighted by Crippen LogP contribution is 2.46. The Morgan fingerprint density at radius 3 is 2.45 bits per heavy atom. The molecular formula is C65H69F2N13O8S. The summed E-state index contributed by atoms with van der Waals surface area (Å²) in [6.07, 6.45) is 13.7. The number of hydrogen-bond acceptors (Lipinski definition) is 16. The molecule has 0 spiro atoms. The van der Waals surface area contributed by atoms with Gasteiger partial charge < -0.3 is 30.1 Å². The van der Waals surface area contributed by atoms with Crippen LogP contribution in [0.5, 0.6) is 11.8 Å². The Bertz CT molecular complexity index is 4170. The molecule has 3 unspecified atom stereocenters. The van der Waals surface area contributed by atoms with Crippen LogP contribution in [0.4, 0.5) is 30.0 Å². The fourth-order valence-corrected chi connectivity index (χ4v) is 16.4. The topological polar surface area (TPSA) is 233 Å². The van der Waals surface area contributed by atoms with E-state index in [1.807, 2.05) is 25.2 Å². The third-order valence-corrected chi connectivity index (χ3v) is 21.3. The summed E-state index contributed by atoms with van der Waals surface area (Å²) >= 11 is 0. The number of urea groups is 1. The zero-order chi connectivity index (χ0) is 61.5. The number of carbonyl (C=O) groups is 3. The number of piperazine rings is 1. The van der Waals surface area contributed by atoms with Gasteiger partial charge in [-0.15, -0.1) is 6.42 Å². The molecule has 7 aromatic rings. The van der Waals surface area contributed by atoms with Crippen LogP contribution in [0.2, 0.25) is 0 Å². The van der Waals surface area contributed by atoms with Gasteiger partial charge in [0, 0.05) is 106 Å². The number of aromatic hydroxyl groups is 1. The summed E-state index contributed by atoms with van der Waals surface area (Å²) in [6, 6.07) is 18.4. The number of aromatic nitrogens is 5. The van der Waals surface area contributed by atoms with Crippen molar-refractivity contribution in [3.05, 3.63) is 113 Å². The van der Waals surface area contributed by atoms with Gasteiger partial charge >= 0.3 is 18.1 Å². The molecule has 3 aromatic heterocycles. The Morgan fingerprint density at radius 2 is 1.70 bits per heavy atom. The number of amides is 4. The number of anilines is 2. The second-order valence-electron chi connectivity index (χ2n) is 25.1. The average Bonchev–Trinajstić information content (AvgIpc) is 1.36. The number of carbonyl (C=O) groups excluding carboxylic acids is 3. The van der Waals surface area contributed by atoms with E-state index in [0.29, 0.717) is 86.6 Å². The number of benzene rings is 4. The summed E-state index contributed by atoms with van der Waals surface area (Å²) in [4.78, 5) is 60.5. The molecule has 14 rings (SSSR count). The number of imide groups is 1. The number of nitrogens with one attached hydrogen (secondary N) is 3. The minimum Gasteiger partial charge on any atom is -0.508 e. The maximum absolute atomic E-state index is 17.3. The van der Waals surface area contributed by atoms with Gasteiger partial charge in [0.1, 0.15) is 41.8 Å². The molecule has 4 aromatic carbocycles. The number of pyridine rings is 1. The van der Waals surface area contributed by atoms with E-state index < -0.39 is 39.3 Å². The number of ether oxygens (including phenoxy) is 2. The zero-order valence-corrected chi connectivity index (χ0v) is 50.2. The Hall–Kier alpha value is -8.34. The lowest BCUT2D eigenvalue weighted by molar-refractivity contribution is -0.120. The number of phenolic OH excluding ortho intramolecular Hbond substituents is 1. The molecule has 4 amide bonds. The molecule has 462 valence electrons. The maximum atomic E-state index is 17.3. The van der Waals surface area contributed by atoms with Crippen molar-refractivity contribution >= 4 is 72.3 Å². The number of halogens is 2. The molecule has 7 aliphatic rings. The van der Waals surface area contributed by atoms with Gasteiger partial charge in [0.05, 0.1) is 26.9 Å². The summed E-state index contributed by atoms with van der Waals surface area (Å²) < 4.78 is 76.0. The average molecular weight is 1230 g/mol. The predicted octanol–water partition coefficient (Wildman–Crippen LogP) is 7.58. The number of nitrogens with zero attached hydrogens (tertiary/aromatic N) is 10. The molecule has 0 aliphatic carbocycles. The third kappa shape index (κ3) is 11.0. The fourth-order valence-electron chi connectivity index (χ4n) is 14.9. The smallest absolute Gasteiger partial charge is 0.407 e. The van der Waals surface area contributed by atoms with Crippen molar-refractivity contribution < 1.29 is 46.2 Å². The van der Waals surface area contributed by atoms with E-state index in [-0.39, 0.29) is 114 Å². The van der Waals surface area contributed by atoms with Gasteiger partial charge in [-0.1, -0.05) is 42.3 Å². The van der Waals surface area contributed by atoms with Gasteiger partial charge in [0.2, 0.25) is 15.9 Å². The van der Waals surface area contributed by atoms with Crippen molar-refractivity contribution in [1.29, 1.82) is 0 Å². The van der Waals surface area contributed by atoms with Crippen molar-refractivity contribution in [2.75, 3.05) is 75.4 Å². The van der Waals surface area contributed by atoms with Crippen molar-refractivity contribution in [2.45, 2.75) is 111 Å². The van der Waals surface area contributed by atoms with Crippen LogP contribution in [-0.4, -0.2) is 166 Å². The third-order valence-electron chi connectivity index (χ3n) is 19.4. The number of terminal acetylenes is 1. The predicted molar refractivity (Wildman–Crippen MR) is 330 cm³/mol. The molecule has 2 bridgehead atoms. The fraction of sp³-hybridized carbons (Fsp3) is 0.431. The van der Waals surface area contributed by atoms with Crippen LogP contribution in [0.25, 0.3) is 43.8 Å². The van der Waals surface area contributed by atoms with Crippen molar-refractivity contribution in [1.82, 2.24) is 54.8 Å². The van der Waals surface area contributed by atoms with Crippen LogP contribution in [0.15, 0.2) is 90.0 Å². The molecule has 21 nitrogen and oxygen atoms in total. The second-order valence-corrected chi connectivity index (χ2v) is 27.0. The molecule has 24 heteroatoms. The van der Waals surface area contributed by atoms with E-state index in [0.717, 1.165) is 60.8 Å². The molecular weight excluding hydrogens is 1160 g/mol. The molecule has 10 heterocycles. The number of rotatable bonds is 14. The number of phenols is 1. The van der Waals surface area contributed by atoms with Gasteiger partial charge in [-0.3, -0.25) is 34.5 Å². The normalized spacial score (nSPS) is 23.2. The van der Waals surface area contributed by atoms with Crippen LogP contribution < -0.4 is 30.5 Å². The first-order valence-electron chi connectivity index (χ1n) is 30.7. The number of fused-ring (bicyclic) bond motifs is 6. The highest BCUT2D eigenvalue weighted by atomic mass is 32.2. The van der Waals surface area contributed by atoms with Crippen molar-refractivity contribution in [3.8, 4) is 35.4 Å². The molecule has 89 heavy (non-hydrogen) atoms. The standard InChI is InChI=1S/C65H69F2N13O8S/c1-4-49-53(66)14-8-42-27-47(81)29-51(56(42)49)58-57(67)59-52(31-68-58)60(77-34-44-9-10-45(35-77)69-44)73-62(72-59)88-37-65-21-15-46(80(65)32-38(2)30-65)36-87-64(84)70-43-18-24-78(25-19-43)89(85,86)48-11-5-39(6-12-48)33-76-22-16-40(17-23-76)41-7-13-50-54(28-41)75(3)74-61(50)79-26-20-55(82)71-63(79)83/h1,5-8,11-14,27-29,31,40,43-46,69,81H,2,9-10,15-26,30,32-37H2,3H3,(H,70,84)(H,71,82,83)/t44?,45?,46?,65-/m0/s1. The van der Waals surface area contributed by atoms with E-state index in [9.17, 15) is 27.9 Å². The Kier molecular flexibility index (Phi) is 15.2. The van der Waals surface area contributed by atoms with E-state index in [1.54, 1.807) is 16.8 Å². The van der Waals surface area contributed by atoms with E-state index >= 15 is 8.78 Å². The minimum absolute atomic E-state index is 0.0314. The summed E-state index contributed by atoms with van der Waals surface area (Å²) in [6.45, 7) is 9.65. The van der Waals surface area contributed by atoms with Crippen LogP contribution in [0.1, 0.15) is 86.8 Å². The molecule has 7 aliphatic heterocycles. The monoisotopic (exact) mass is 1230 g/mol. The first-order valence-corrected chi connectivity index (χ1v) is 32.1. The maximum Gasteiger partial charge on any atom is 0.407 e. The number of sulfonamides is 1. The summed E-state index contributed by atoms with van der Waals surface area (Å²) in [5.41, 5.74) is 3.45. The second kappa shape index (κ2) is 23.2. The molecule has 0 radical (unpaired) electrons. The van der Waals surface area contributed by atoms with E-state index in [4.69, 9.17) is 25.9 Å². The Labute approximate surface area is 513 Å². The van der Waals surface area contributed by atoms with Gasteiger partial charge in [0.25, 0.3) is 0 Å². The highest BCUT2D eigenvalue weighted by molar-refractivity contribution is 7.89. The van der Waals surface area contributed by atoms with Gasteiger partial charge in [-0.25, -0.2) is 26.8 Å². The van der Waals surface area contributed by atoms with Crippen LogP contribution >= 0.6 is 0 Å². The SMILES string of the molecule is C#Cc1c(F)ccc2cc(O)cc(-c3ncc4c(N5CC6CCC(C5)N6)nc(OC[C@@]56CCC(COC(=O)NC7CCN(S(=O)(=O)c8ccc(CN9CCC(c%10ccc%11c(N%12CCC(=O)NC%12=O)nn(C)c%11c%10)CC9)cc8)CC7)N5CC(=C)C6)nc4c3F)c12. The largest absolute Gasteiger partial charge is 0.508 e. The van der Waals surface area contributed by atoms with E-state index in [2.05, 4.69) is 65.4 Å². The lowest BCUT2D eigenvalue weighted by atomic mass is 9.89. The number of hydrogen-bond donors (Lipinski definition) is 4. The van der Waals surface area contributed by atoms with Crippen LogP contribution in [0, 0.1) is 24.0 Å². The number of alkyl carbamates (subject to hydrolysis) is 1. The molecule has 7 saturated heterocycles. The molecule has 4 N–H and O–H groups in total. The minimum atomic E-state index is -3.78. The molecule has 7 fully saturated rings. The van der Waals surface area contributed by atoms with Crippen LogP contribution in [-0.2, 0) is 33.1 Å². The van der Waals surface area contributed by atoms with E-state index in [1.165, 1.54) is 45.2 Å². The number of piperidine rings is 2. The van der Waals surface area contributed by atoms with Crippen LogP contribution in [0.3, 0.4) is 0 Å². The van der Waals surface area contributed by atoms with Crippen molar-refractivity contribution in [3.63, 3.8) is 0 Å². The number of aryl methyl sites for hydroxylation is 1.